The zero-order valence-electron chi connectivity index (χ0n) is 13.0. The average Bonchev–Trinajstić information content (AvgIpc) is 2.56. The van der Waals surface area contributed by atoms with Crippen molar-refractivity contribution in [2.45, 2.75) is 12.8 Å². The van der Waals surface area contributed by atoms with Gasteiger partial charge in [-0.25, -0.2) is 0 Å². The number of piperazine rings is 1. The molecule has 0 spiro atoms. The maximum Gasteiger partial charge on any atom is 0.117 e. The fourth-order valence-corrected chi connectivity index (χ4v) is 3.07. The summed E-state index contributed by atoms with van der Waals surface area (Å²) in [7, 11) is 0. The number of hydrogen-bond acceptors (Lipinski definition) is 3. The number of aromatic hydroxyl groups is 1. The summed E-state index contributed by atoms with van der Waals surface area (Å²) in [5, 5.41) is 9.58. The molecule has 1 heterocycles. The molecule has 0 amide bonds. The first-order valence-electron chi connectivity index (χ1n) is 8.11. The topological polar surface area (TPSA) is 26.7 Å². The van der Waals surface area contributed by atoms with Crippen molar-refractivity contribution in [3.63, 3.8) is 0 Å². The van der Waals surface area contributed by atoms with Crippen molar-refractivity contribution in [3.05, 3.63) is 60.2 Å². The predicted molar refractivity (Wildman–Crippen MR) is 91.5 cm³/mol. The SMILES string of the molecule is Oc1cccc(N2CCN(CCCc3ccccc3)CC2)c1. The highest BCUT2D eigenvalue weighted by Gasteiger charge is 2.16. The number of phenolic OH excluding ortho intramolecular Hbond substituents is 1. The number of nitrogens with zero attached hydrogens (tertiary/aromatic N) is 2. The maximum atomic E-state index is 9.58. The molecular formula is C19H24N2O. The van der Waals surface area contributed by atoms with Crippen molar-refractivity contribution < 1.29 is 5.11 Å². The van der Waals surface area contributed by atoms with Gasteiger partial charge in [0, 0.05) is 37.9 Å². The zero-order valence-corrected chi connectivity index (χ0v) is 13.0. The third-order valence-corrected chi connectivity index (χ3v) is 4.35. The lowest BCUT2D eigenvalue weighted by atomic mass is 10.1. The van der Waals surface area contributed by atoms with Gasteiger partial charge in [0.25, 0.3) is 0 Å². The van der Waals surface area contributed by atoms with Crippen LogP contribution in [0.15, 0.2) is 54.6 Å². The second-order valence-corrected chi connectivity index (χ2v) is 5.94. The van der Waals surface area contributed by atoms with E-state index in [1.165, 1.54) is 18.5 Å². The van der Waals surface area contributed by atoms with Crippen molar-refractivity contribution in [3.8, 4) is 5.75 Å². The highest BCUT2D eigenvalue weighted by atomic mass is 16.3. The van der Waals surface area contributed by atoms with Crippen molar-refractivity contribution in [2.75, 3.05) is 37.6 Å². The molecule has 0 radical (unpaired) electrons. The van der Waals surface area contributed by atoms with Crippen LogP contribution in [0.3, 0.4) is 0 Å². The van der Waals surface area contributed by atoms with Gasteiger partial charge in [-0.3, -0.25) is 4.90 Å². The number of phenols is 1. The fraction of sp³-hybridized carbons (Fsp3) is 0.368. The van der Waals surface area contributed by atoms with Gasteiger partial charge in [-0.05, 0) is 37.1 Å². The molecule has 1 saturated heterocycles. The molecular weight excluding hydrogens is 272 g/mol. The van der Waals surface area contributed by atoms with Crippen LogP contribution in [0, 0.1) is 0 Å². The fourth-order valence-electron chi connectivity index (χ4n) is 3.07. The molecule has 3 nitrogen and oxygen atoms in total. The number of benzene rings is 2. The van der Waals surface area contributed by atoms with Gasteiger partial charge in [-0.1, -0.05) is 36.4 Å². The number of anilines is 1. The molecule has 1 aliphatic rings. The standard InChI is InChI=1S/C19H24N2O/c22-19-10-4-9-18(16-19)21-14-12-20(13-15-21)11-5-8-17-6-2-1-3-7-17/h1-4,6-7,9-10,16,22H,5,8,11-15H2. The minimum Gasteiger partial charge on any atom is -0.508 e. The molecule has 0 atom stereocenters. The van der Waals surface area contributed by atoms with Crippen LogP contribution in [0.25, 0.3) is 0 Å². The Kier molecular flexibility index (Phi) is 4.96. The van der Waals surface area contributed by atoms with E-state index in [0.29, 0.717) is 5.75 Å². The van der Waals surface area contributed by atoms with E-state index < -0.39 is 0 Å². The lowest BCUT2D eigenvalue weighted by Gasteiger charge is -2.36. The summed E-state index contributed by atoms with van der Waals surface area (Å²) in [6, 6.07) is 18.3. The van der Waals surface area contributed by atoms with Gasteiger partial charge in [0.05, 0.1) is 0 Å². The summed E-state index contributed by atoms with van der Waals surface area (Å²) in [6.07, 6.45) is 2.38. The molecule has 3 heteroatoms. The number of rotatable bonds is 5. The molecule has 0 aromatic heterocycles. The van der Waals surface area contributed by atoms with E-state index in [9.17, 15) is 5.11 Å². The zero-order chi connectivity index (χ0) is 15.2. The Morgan fingerprint density at radius 1 is 0.864 bits per heavy atom. The smallest absolute Gasteiger partial charge is 0.117 e. The lowest BCUT2D eigenvalue weighted by Crippen LogP contribution is -2.46. The van der Waals surface area contributed by atoms with Crippen molar-refractivity contribution in [1.82, 2.24) is 4.90 Å². The van der Waals surface area contributed by atoms with Crippen molar-refractivity contribution >= 4 is 5.69 Å². The number of hydrogen-bond donors (Lipinski definition) is 1. The third kappa shape index (κ3) is 4.01. The summed E-state index contributed by atoms with van der Waals surface area (Å²) in [5.74, 6) is 0.350. The van der Waals surface area contributed by atoms with Crippen LogP contribution in [0.2, 0.25) is 0 Å². The minimum atomic E-state index is 0.350. The minimum absolute atomic E-state index is 0.350. The Morgan fingerprint density at radius 2 is 1.64 bits per heavy atom. The van der Waals surface area contributed by atoms with Crippen LogP contribution >= 0.6 is 0 Å². The summed E-state index contributed by atoms with van der Waals surface area (Å²) in [4.78, 5) is 4.90. The molecule has 1 fully saturated rings. The van der Waals surface area contributed by atoms with Crippen molar-refractivity contribution in [1.29, 1.82) is 0 Å². The van der Waals surface area contributed by atoms with E-state index in [1.807, 2.05) is 12.1 Å². The van der Waals surface area contributed by atoms with Gasteiger partial charge >= 0.3 is 0 Å². The first-order chi connectivity index (χ1) is 10.8. The van der Waals surface area contributed by atoms with Gasteiger partial charge < -0.3 is 10.0 Å². The second kappa shape index (κ2) is 7.32. The molecule has 3 rings (SSSR count). The first kappa shape index (κ1) is 14.9. The van der Waals surface area contributed by atoms with Crippen LogP contribution in [0.5, 0.6) is 5.75 Å². The number of aryl methyl sites for hydroxylation is 1. The Balaban J connectivity index is 1.42. The molecule has 0 unspecified atom stereocenters. The highest BCUT2D eigenvalue weighted by Crippen LogP contribution is 2.21. The average molecular weight is 296 g/mol. The Bertz CT molecular complexity index is 577. The highest BCUT2D eigenvalue weighted by molar-refractivity contribution is 5.50. The van der Waals surface area contributed by atoms with Crippen LogP contribution in [0.1, 0.15) is 12.0 Å². The van der Waals surface area contributed by atoms with Gasteiger partial charge in [0.2, 0.25) is 0 Å². The van der Waals surface area contributed by atoms with Crippen LogP contribution in [0.4, 0.5) is 5.69 Å². The van der Waals surface area contributed by atoms with Crippen LogP contribution < -0.4 is 4.90 Å². The van der Waals surface area contributed by atoms with Gasteiger partial charge in [0.1, 0.15) is 5.75 Å². The molecule has 0 saturated carbocycles. The second-order valence-electron chi connectivity index (χ2n) is 5.94. The quantitative estimate of drug-likeness (QED) is 0.918. The van der Waals surface area contributed by atoms with Crippen LogP contribution in [-0.4, -0.2) is 42.7 Å². The Hall–Kier alpha value is -2.00. The Morgan fingerprint density at radius 3 is 2.36 bits per heavy atom. The molecule has 0 aliphatic carbocycles. The molecule has 1 N–H and O–H groups in total. The largest absolute Gasteiger partial charge is 0.508 e. The predicted octanol–water partition coefficient (Wildman–Crippen LogP) is 3.15. The summed E-state index contributed by atoms with van der Waals surface area (Å²) < 4.78 is 0. The van der Waals surface area contributed by atoms with E-state index in [4.69, 9.17) is 0 Å². The Labute approximate surface area is 132 Å². The molecule has 22 heavy (non-hydrogen) atoms. The summed E-state index contributed by atoms with van der Waals surface area (Å²) in [6.45, 7) is 5.45. The monoisotopic (exact) mass is 296 g/mol. The molecule has 0 bridgehead atoms. The van der Waals surface area contributed by atoms with E-state index in [1.54, 1.807) is 6.07 Å². The first-order valence-corrected chi connectivity index (χ1v) is 8.11. The van der Waals surface area contributed by atoms with E-state index in [-0.39, 0.29) is 0 Å². The summed E-state index contributed by atoms with van der Waals surface area (Å²) >= 11 is 0. The summed E-state index contributed by atoms with van der Waals surface area (Å²) in [5.41, 5.74) is 2.56. The molecule has 2 aromatic carbocycles. The maximum absolute atomic E-state index is 9.58. The van der Waals surface area contributed by atoms with Crippen molar-refractivity contribution in [2.24, 2.45) is 0 Å². The molecule has 2 aromatic rings. The van der Waals surface area contributed by atoms with E-state index >= 15 is 0 Å². The van der Waals surface area contributed by atoms with E-state index in [2.05, 4.69) is 46.2 Å². The molecule has 1 aliphatic heterocycles. The van der Waals surface area contributed by atoms with Gasteiger partial charge in [0.15, 0.2) is 0 Å². The van der Waals surface area contributed by atoms with Crippen LogP contribution in [-0.2, 0) is 6.42 Å². The molecule has 116 valence electrons. The van der Waals surface area contributed by atoms with Gasteiger partial charge in [-0.2, -0.15) is 0 Å². The van der Waals surface area contributed by atoms with E-state index in [0.717, 1.165) is 38.3 Å². The van der Waals surface area contributed by atoms with Gasteiger partial charge in [-0.15, -0.1) is 0 Å². The lowest BCUT2D eigenvalue weighted by molar-refractivity contribution is 0.255. The normalized spacial score (nSPS) is 15.9. The third-order valence-electron chi connectivity index (χ3n) is 4.35.